The molecule has 0 nitrogen and oxygen atoms in total. The van der Waals surface area contributed by atoms with Crippen LogP contribution in [-0.2, 0) is 0 Å². The third kappa shape index (κ3) is 2.13. The molecule has 0 spiro atoms. The van der Waals surface area contributed by atoms with Gasteiger partial charge in [0, 0.05) is 15.1 Å². The number of hydrogen-bond donors (Lipinski definition) is 0. The molecule has 82 valence electrons. The van der Waals surface area contributed by atoms with Gasteiger partial charge in [-0.3, -0.25) is 0 Å². The molecule has 0 aliphatic heterocycles. The van der Waals surface area contributed by atoms with Gasteiger partial charge in [0.15, 0.2) is 0 Å². The standard InChI is InChI=1S/C13H9BrClF/c1-8-3-2-4-12(15)13(8)10-6-5-9(16)7-11(10)14/h2-7H,1H3. The zero-order chi connectivity index (χ0) is 11.7. The van der Waals surface area contributed by atoms with Gasteiger partial charge in [-0.1, -0.05) is 45.7 Å². The number of aryl methyl sites for hydroxylation is 1. The summed E-state index contributed by atoms with van der Waals surface area (Å²) in [6.45, 7) is 1.98. The summed E-state index contributed by atoms with van der Waals surface area (Å²) in [7, 11) is 0. The Balaban J connectivity index is 2.68. The molecule has 2 rings (SSSR count). The summed E-state index contributed by atoms with van der Waals surface area (Å²) in [5.74, 6) is -0.264. The Kier molecular flexibility index (Phi) is 3.31. The monoisotopic (exact) mass is 298 g/mol. The molecule has 3 heteroatoms. The fourth-order valence-corrected chi connectivity index (χ4v) is 2.54. The Bertz CT molecular complexity index is 517. The quantitative estimate of drug-likeness (QED) is 0.677. The van der Waals surface area contributed by atoms with Gasteiger partial charge in [-0.05, 0) is 36.2 Å². The smallest absolute Gasteiger partial charge is 0.124 e. The first-order valence-electron chi connectivity index (χ1n) is 4.80. The zero-order valence-corrected chi connectivity index (χ0v) is 10.9. The van der Waals surface area contributed by atoms with E-state index in [9.17, 15) is 4.39 Å². The van der Waals surface area contributed by atoms with Crippen molar-refractivity contribution in [2.75, 3.05) is 0 Å². The van der Waals surface area contributed by atoms with E-state index in [1.54, 1.807) is 6.07 Å². The predicted octanol–water partition coefficient (Wildman–Crippen LogP) is 5.22. The molecule has 0 atom stereocenters. The molecule has 0 amide bonds. The fraction of sp³-hybridized carbons (Fsp3) is 0.0769. The summed E-state index contributed by atoms with van der Waals surface area (Å²) in [4.78, 5) is 0. The molecular weight excluding hydrogens is 290 g/mol. The van der Waals surface area contributed by atoms with Crippen molar-refractivity contribution in [3.05, 3.63) is 57.3 Å². The molecule has 0 aliphatic carbocycles. The maximum absolute atomic E-state index is 13.0. The first-order valence-corrected chi connectivity index (χ1v) is 5.97. The van der Waals surface area contributed by atoms with Crippen molar-refractivity contribution in [1.82, 2.24) is 0 Å². The van der Waals surface area contributed by atoms with E-state index in [1.165, 1.54) is 12.1 Å². The molecule has 0 N–H and O–H groups in total. The summed E-state index contributed by atoms with van der Waals surface area (Å²) in [5, 5.41) is 0.673. The van der Waals surface area contributed by atoms with Crippen LogP contribution in [0.15, 0.2) is 40.9 Å². The molecule has 0 fully saturated rings. The number of hydrogen-bond acceptors (Lipinski definition) is 0. The molecule has 0 radical (unpaired) electrons. The summed E-state index contributed by atoms with van der Waals surface area (Å²) in [6.07, 6.45) is 0. The Morgan fingerprint density at radius 1 is 1.19 bits per heavy atom. The molecule has 2 aromatic rings. The molecule has 0 saturated carbocycles. The van der Waals surface area contributed by atoms with Crippen molar-refractivity contribution in [3.63, 3.8) is 0 Å². The largest absolute Gasteiger partial charge is 0.207 e. The van der Waals surface area contributed by atoms with Crippen LogP contribution in [0.4, 0.5) is 4.39 Å². The fourth-order valence-electron chi connectivity index (χ4n) is 1.67. The lowest BCUT2D eigenvalue weighted by molar-refractivity contribution is 0.627. The van der Waals surface area contributed by atoms with E-state index in [1.807, 2.05) is 25.1 Å². The lowest BCUT2D eigenvalue weighted by Crippen LogP contribution is -1.87. The molecule has 16 heavy (non-hydrogen) atoms. The maximum Gasteiger partial charge on any atom is 0.124 e. The van der Waals surface area contributed by atoms with Crippen LogP contribution in [0.3, 0.4) is 0 Å². The molecule has 0 bridgehead atoms. The normalized spacial score (nSPS) is 10.5. The van der Waals surface area contributed by atoms with E-state index >= 15 is 0 Å². The maximum atomic E-state index is 13.0. The second-order valence-electron chi connectivity index (χ2n) is 3.56. The minimum absolute atomic E-state index is 0.264. The third-order valence-corrected chi connectivity index (χ3v) is 3.39. The van der Waals surface area contributed by atoms with E-state index in [2.05, 4.69) is 15.9 Å². The van der Waals surface area contributed by atoms with E-state index in [0.717, 1.165) is 16.7 Å². The van der Waals surface area contributed by atoms with Crippen molar-refractivity contribution in [1.29, 1.82) is 0 Å². The van der Waals surface area contributed by atoms with Crippen LogP contribution >= 0.6 is 27.5 Å². The lowest BCUT2D eigenvalue weighted by atomic mass is 10.0. The Morgan fingerprint density at radius 2 is 1.94 bits per heavy atom. The average molecular weight is 300 g/mol. The van der Waals surface area contributed by atoms with Gasteiger partial charge in [0.2, 0.25) is 0 Å². The minimum Gasteiger partial charge on any atom is -0.207 e. The van der Waals surface area contributed by atoms with Crippen molar-refractivity contribution >= 4 is 27.5 Å². The van der Waals surface area contributed by atoms with Crippen molar-refractivity contribution in [2.24, 2.45) is 0 Å². The van der Waals surface area contributed by atoms with Gasteiger partial charge >= 0.3 is 0 Å². The molecule has 0 heterocycles. The van der Waals surface area contributed by atoms with Gasteiger partial charge < -0.3 is 0 Å². The first kappa shape index (κ1) is 11.6. The Hall–Kier alpha value is -0.860. The lowest BCUT2D eigenvalue weighted by Gasteiger charge is -2.10. The second-order valence-corrected chi connectivity index (χ2v) is 4.82. The highest BCUT2D eigenvalue weighted by molar-refractivity contribution is 9.10. The zero-order valence-electron chi connectivity index (χ0n) is 8.60. The van der Waals surface area contributed by atoms with Crippen LogP contribution in [0.2, 0.25) is 5.02 Å². The van der Waals surface area contributed by atoms with E-state index in [0.29, 0.717) is 9.50 Å². The number of halogens is 3. The predicted molar refractivity (Wildman–Crippen MR) is 69.3 cm³/mol. The van der Waals surface area contributed by atoms with Crippen LogP contribution in [-0.4, -0.2) is 0 Å². The average Bonchev–Trinajstić information content (AvgIpc) is 2.20. The molecule has 0 saturated heterocycles. The SMILES string of the molecule is Cc1cccc(Cl)c1-c1ccc(F)cc1Br. The second kappa shape index (κ2) is 4.56. The van der Waals surface area contributed by atoms with Crippen LogP contribution in [0, 0.1) is 12.7 Å². The van der Waals surface area contributed by atoms with Gasteiger partial charge in [-0.15, -0.1) is 0 Å². The summed E-state index contributed by atoms with van der Waals surface area (Å²) < 4.78 is 13.7. The van der Waals surface area contributed by atoms with Gasteiger partial charge in [-0.25, -0.2) is 4.39 Å². The van der Waals surface area contributed by atoms with Crippen LogP contribution in [0.1, 0.15) is 5.56 Å². The highest BCUT2D eigenvalue weighted by atomic mass is 79.9. The molecule has 2 aromatic carbocycles. The Labute approximate surface area is 107 Å². The summed E-state index contributed by atoms with van der Waals surface area (Å²) >= 11 is 9.51. The van der Waals surface area contributed by atoms with Crippen LogP contribution < -0.4 is 0 Å². The molecule has 0 aliphatic rings. The van der Waals surface area contributed by atoms with Crippen molar-refractivity contribution in [2.45, 2.75) is 6.92 Å². The van der Waals surface area contributed by atoms with Gasteiger partial charge in [-0.2, -0.15) is 0 Å². The Morgan fingerprint density at radius 3 is 2.56 bits per heavy atom. The van der Waals surface area contributed by atoms with Crippen LogP contribution in [0.25, 0.3) is 11.1 Å². The highest BCUT2D eigenvalue weighted by Crippen LogP contribution is 2.35. The summed E-state index contributed by atoms with van der Waals surface area (Å²) in [6, 6.07) is 10.3. The van der Waals surface area contributed by atoms with E-state index < -0.39 is 0 Å². The molecular formula is C13H9BrClF. The van der Waals surface area contributed by atoms with Gasteiger partial charge in [0.05, 0.1) is 0 Å². The minimum atomic E-state index is -0.264. The number of benzene rings is 2. The third-order valence-electron chi connectivity index (χ3n) is 2.42. The van der Waals surface area contributed by atoms with Crippen molar-refractivity contribution in [3.8, 4) is 11.1 Å². The van der Waals surface area contributed by atoms with Gasteiger partial charge in [0.25, 0.3) is 0 Å². The molecule has 0 unspecified atom stereocenters. The number of rotatable bonds is 1. The van der Waals surface area contributed by atoms with E-state index in [-0.39, 0.29) is 5.82 Å². The summed E-state index contributed by atoms with van der Waals surface area (Å²) in [5.41, 5.74) is 2.92. The first-order chi connectivity index (χ1) is 7.59. The van der Waals surface area contributed by atoms with Crippen molar-refractivity contribution < 1.29 is 4.39 Å². The highest BCUT2D eigenvalue weighted by Gasteiger charge is 2.10. The molecule has 0 aromatic heterocycles. The van der Waals surface area contributed by atoms with E-state index in [4.69, 9.17) is 11.6 Å². The topological polar surface area (TPSA) is 0 Å². The van der Waals surface area contributed by atoms with Crippen LogP contribution in [0.5, 0.6) is 0 Å². The van der Waals surface area contributed by atoms with Gasteiger partial charge in [0.1, 0.15) is 5.82 Å².